The Hall–Kier alpha value is -1.69. The van der Waals surface area contributed by atoms with Crippen molar-refractivity contribution in [2.75, 3.05) is 23.6 Å². The predicted octanol–water partition coefficient (Wildman–Crippen LogP) is 2.01. The van der Waals surface area contributed by atoms with Crippen LogP contribution in [0.3, 0.4) is 0 Å². The first-order chi connectivity index (χ1) is 9.00. The molecule has 1 saturated heterocycles. The number of hydrogen-bond acceptors (Lipinski definition) is 3. The number of aliphatic carboxylic acids is 1. The number of carboxylic acids is 1. The number of benzene rings is 1. The number of hydrogen-bond donors (Lipinski definition) is 1. The van der Waals surface area contributed by atoms with E-state index in [1.165, 1.54) is 21.6 Å². The molecule has 6 heteroatoms. The van der Waals surface area contributed by atoms with Gasteiger partial charge in [0.1, 0.15) is 6.04 Å². The highest BCUT2D eigenvalue weighted by atomic mass is 32.2. The fourth-order valence-electron chi connectivity index (χ4n) is 1.91. The zero-order chi connectivity index (χ0) is 14.0. The summed E-state index contributed by atoms with van der Waals surface area (Å²) in [5.41, 5.74) is 1.88. The van der Waals surface area contributed by atoms with E-state index in [0.29, 0.717) is 11.6 Å². The van der Waals surface area contributed by atoms with E-state index >= 15 is 0 Å². The lowest BCUT2D eigenvalue weighted by Gasteiger charge is -2.27. The van der Waals surface area contributed by atoms with Gasteiger partial charge in [-0.05, 0) is 19.1 Å². The van der Waals surface area contributed by atoms with Crippen LogP contribution in [0.4, 0.5) is 10.5 Å². The minimum Gasteiger partial charge on any atom is -0.480 e. The summed E-state index contributed by atoms with van der Waals surface area (Å²) in [7, 11) is 1.66. The molecule has 19 heavy (non-hydrogen) atoms. The topological polar surface area (TPSA) is 60.9 Å². The summed E-state index contributed by atoms with van der Waals surface area (Å²) in [4.78, 5) is 26.3. The van der Waals surface area contributed by atoms with E-state index in [2.05, 4.69) is 0 Å². The van der Waals surface area contributed by atoms with Gasteiger partial charge in [0.05, 0.1) is 5.88 Å². The Balaban J connectivity index is 2.14. The highest BCUT2D eigenvalue weighted by molar-refractivity contribution is 7.99. The van der Waals surface area contributed by atoms with Crippen LogP contribution in [0.25, 0.3) is 0 Å². The summed E-state index contributed by atoms with van der Waals surface area (Å²) in [6.45, 7) is 1.98. The molecule has 1 aromatic rings. The summed E-state index contributed by atoms with van der Waals surface area (Å²) in [5, 5.41) is 9.10. The molecule has 0 aromatic heterocycles. The maximum atomic E-state index is 12.3. The molecule has 0 unspecified atom stereocenters. The molecule has 0 saturated carbocycles. The van der Waals surface area contributed by atoms with Crippen molar-refractivity contribution in [1.82, 2.24) is 4.90 Å². The molecule has 1 N–H and O–H groups in total. The number of anilines is 1. The van der Waals surface area contributed by atoms with E-state index in [4.69, 9.17) is 5.11 Å². The van der Waals surface area contributed by atoms with Crippen LogP contribution in [-0.2, 0) is 4.79 Å². The molecule has 5 nitrogen and oxygen atoms in total. The Bertz CT molecular complexity index is 489. The fraction of sp³-hybridized carbons (Fsp3) is 0.385. The van der Waals surface area contributed by atoms with Crippen LogP contribution < -0.4 is 4.90 Å². The summed E-state index contributed by atoms with van der Waals surface area (Å²) in [6.07, 6.45) is 0. The number of thioether (sulfide) groups is 1. The van der Waals surface area contributed by atoms with E-state index < -0.39 is 12.0 Å². The van der Waals surface area contributed by atoms with Crippen LogP contribution in [0.5, 0.6) is 0 Å². The summed E-state index contributed by atoms with van der Waals surface area (Å²) in [6, 6.07) is 6.55. The number of rotatable bonds is 2. The maximum Gasteiger partial charge on any atom is 0.327 e. The van der Waals surface area contributed by atoms with Crippen LogP contribution in [-0.4, -0.2) is 46.7 Å². The first kappa shape index (κ1) is 13.7. The molecular weight excluding hydrogens is 264 g/mol. The van der Waals surface area contributed by atoms with Gasteiger partial charge in [-0.1, -0.05) is 17.7 Å². The molecule has 102 valence electrons. The van der Waals surface area contributed by atoms with Crippen molar-refractivity contribution in [3.63, 3.8) is 0 Å². The zero-order valence-electron chi connectivity index (χ0n) is 10.9. The molecule has 2 amide bonds. The first-order valence-electron chi connectivity index (χ1n) is 5.92. The quantitative estimate of drug-likeness (QED) is 0.900. The highest BCUT2D eigenvalue weighted by Gasteiger charge is 2.36. The Labute approximate surface area is 116 Å². The van der Waals surface area contributed by atoms with Crippen LogP contribution in [0.1, 0.15) is 5.56 Å². The van der Waals surface area contributed by atoms with Crippen molar-refractivity contribution in [2.24, 2.45) is 0 Å². The molecule has 0 radical (unpaired) electrons. The zero-order valence-corrected chi connectivity index (χ0v) is 11.7. The Kier molecular flexibility index (Phi) is 3.99. The molecular formula is C13H16N2O3S. The number of carbonyl (C=O) groups excluding carboxylic acids is 1. The van der Waals surface area contributed by atoms with Gasteiger partial charge in [0.15, 0.2) is 0 Å². The Morgan fingerprint density at radius 2 is 2.00 bits per heavy atom. The van der Waals surface area contributed by atoms with Gasteiger partial charge in [-0.15, -0.1) is 11.8 Å². The number of carboxylic acid groups (broad SMARTS) is 1. The summed E-state index contributed by atoms with van der Waals surface area (Å²) >= 11 is 1.46. The molecule has 0 spiro atoms. The van der Waals surface area contributed by atoms with E-state index in [-0.39, 0.29) is 6.03 Å². The van der Waals surface area contributed by atoms with Crippen molar-refractivity contribution in [2.45, 2.75) is 13.0 Å². The maximum absolute atomic E-state index is 12.3. The number of amides is 2. The smallest absolute Gasteiger partial charge is 0.327 e. The third-order valence-corrected chi connectivity index (χ3v) is 4.13. The number of urea groups is 1. The van der Waals surface area contributed by atoms with Crippen molar-refractivity contribution >= 4 is 29.4 Å². The van der Waals surface area contributed by atoms with E-state index in [0.717, 1.165) is 11.3 Å². The standard InChI is InChI=1S/C13H16N2O3S/c1-9-3-5-10(6-4-9)14(2)13(18)15-8-19-7-11(15)12(16)17/h3-6,11H,7-8H2,1-2H3,(H,16,17)/t11-/m0/s1. The van der Waals surface area contributed by atoms with Crippen molar-refractivity contribution in [3.8, 4) is 0 Å². The van der Waals surface area contributed by atoms with Gasteiger partial charge in [-0.3, -0.25) is 4.90 Å². The van der Waals surface area contributed by atoms with Gasteiger partial charge in [-0.2, -0.15) is 0 Å². The minimum absolute atomic E-state index is 0.277. The van der Waals surface area contributed by atoms with Gasteiger partial charge < -0.3 is 10.0 Å². The second-order valence-electron chi connectivity index (χ2n) is 4.50. The molecule has 2 rings (SSSR count). The average Bonchev–Trinajstić information content (AvgIpc) is 2.87. The van der Waals surface area contributed by atoms with Gasteiger partial charge in [-0.25, -0.2) is 9.59 Å². The number of nitrogens with zero attached hydrogens (tertiary/aromatic N) is 2. The highest BCUT2D eigenvalue weighted by Crippen LogP contribution is 2.24. The molecule has 1 aliphatic heterocycles. The predicted molar refractivity (Wildman–Crippen MR) is 75.6 cm³/mol. The van der Waals surface area contributed by atoms with Gasteiger partial charge in [0, 0.05) is 18.5 Å². The Morgan fingerprint density at radius 1 is 1.37 bits per heavy atom. The van der Waals surface area contributed by atoms with Crippen LogP contribution in [0.15, 0.2) is 24.3 Å². The first-order valence-corrected chi connectivity index (χ1v) is 7.07. The lowest BCUT2D eigenvalue weighted by Crippen LogP contribution is -2.47. The monoisotopic (exact) mass is 280 g/mol. The summed E-state index contributed by atoms with van der Waals surface area (Å²) in [5.74, 6) is -0.0786. The molecule has 1 fully saturated rings. The Morgan fingerprint density at radius 3 is 2.58 bits per heavy atom. The lowest BCUT2D eigenvalue weighted by atomic mass is 10.2. The molecule has 1 heterocycles. The van der Waals surface area contributed by atoms with E-state index in [9.17, 15) is 9.59 Å². The van der Waals surface area contributed by atoms with Crippen molar-refractivity contribution in [3.05, 3.63) is 29.8 Å². The molecule has 0 aliphatic carbocycles. The third kappa shape index (κ3) is 2.84. The average molecular weight is 280 g/mol. The second kappa shape index (κ2) is 5.52. The largest absolute Gasteiger partial charge is 0.480 e. The van der Waals surface area contributed by atoms with Crippen molar-refractivity contribution < 1.29 is 14.7 Å². The molecule has 1 aromatic carbocycles. The molecule has 1 aliphatic rings. The molecule has 1 atom stereocenters. The van der Waals surface area contributed by atoms with Gasteiger partial charge in [0.2, 0.25) is 0 Å². The van der Waals surface area contributed by atoms with Crippen molar-refractivity contribution in [1.29, 1.82) is 0 Å². The van der Waals surface area contributed by atoms with Crippen LogP contribution in [0.2, 0.25) is 0 Å². The third-order valence-electron chi connectivity index (χ3n) is 3.12. The van der Waals surface area contributed by atoms with Gasteiger partial charge in [0.25, 0.3) is 0 Å². The van der Waals surface area contributed by atoms with E-state index in [1.54, 1.807) is 7.05 Å². The molecule has 0 bridgehead atoms. The SMILES string of the molecule is Cc1ccc(N(C)C(=O)N2CSC[C@H]2C(=O)O)cc1. The van der Waals surface area contributed by atoms with E-state index in [1.807, 2.05) is 31.2 Å². The minimum atomic E-state index is -0.948. The number of aryl methyl sites for hydroxylation is 1. The lowest BCUT2D eigenvalue weighted by molar-refractivity contribution is -0.140. The fourth-order valence-corrected chi connectivity index (χ4v) is 3.05. The van der Waals surface area contributed by atoms with Crippen LogP contribution >= 0.6 is 11.8 Å². The van der Waals surface area contributed by atoms with Crippen LogP contribution in [0, 0.1) is 6.92 Å². The van der Waals surface area contributed by atoms with Gasteiger partial charge >= 0.3 is 12.0 Å². The summed E-state index contributed by atoms with van der Waals surface area (Å²) < 4.78 is 0. The number of carbonyl (C=O) groups is 2. The second-order valence-corrected chi connectivity index (χ2v) is 5.50. The normalized spacial score (nSPS) is 18.4.